The van der Waals surface area contributed by atoms with Crippen LogP contribution in [0, 0.1) is 0 Å². The monoisotopic (exact) mass is 230 g/mol. The van der Waals surface area contributed by atoms with Gasteiger partial charge >= 0.3 is 6.03 Å². The van der Waals surface area contributed by atoms with Crippen molar-refractivity contribution in [2.45, 2.75) is 32.6 Å². The van der Waals surface area contributed by atoms with Crippen LogP contribution in [0.15, 0.2) is 47.3 Å². The smallest absolute Gasteiger partial charge is 0.312 e. The highest BCUT2D eigenvalue weighted by atomic mass is 16.2. The van der Waals surface area contributed by atoms with Gasteiger partial charge in [0.25, 0.3) is 0 Å². The maximum absolute atomic E-state index is 11.7. The van der Waals surface area contributed by atoms with Crippen molar-refractivity contribution in [3.8, 4) is 0 Å². The summed E-state index contributed by atoms with van der Waals surface area (Å²) < 4.78 is 0. The van der Waals surface area contributed by atoms with E-state index >= 15 is 0 Å². The van der Waals surface area contributed by atoms with E-state index in [-0.39, 0.29) is 6.03 Å². The molecule has 0 bridgehead atoms. The molecule has 0 aliphatic heterocycles. The summed E-state index contributed by atoms with van der Waals surface area (Å²) in [5, 5.41) is 5.76. The Morgan fingerprint density at radius 1 is 1.06 bits per heavy atom. The second kappa shape index (κ2) is 5.53. The second-order valence-electron chi connectivity index (χ2n) is 4.44. The molecule has 0 aromatic carbocycles. The summed E-state index contributed by atoms with van der Waals surface area (Å²) in [7, 11) is 0. The van der Waals surface area contributed by atoms with Crippen molar-refractivity contribution in [1.29, 1.82) is 0 Å². The Hall–Kier alpha value is -1.77. The molecule has 0 saturated heterocycles. The van der Waals surface area contributed by atoms with E-state index in [1.165, 1.54) is 5.57 Å². The van der Waals surface area contributed by atoms with Crippen molar-refractivity contribution in [1.82, 2.24) is 10.6 Å². The van der Waals surface area contributed by atoms with E-state index in [2.05, 4.69) is 29.7 Å². The van der Waals surface area contributed by atoms with Gasteiger partial charge in [-0.1, -0.05) is 23.8 Å². The van der Waals surface area contributed by atoms with Crippen LogP contribution >= 0.6 is 0 Å². The van der Waals surface area contributed by atoms with E-state index in [9.17, 15) is 4.79 Å². The second-order valence-corrected chi connectivity index (χ2v) is 4.44. The molecular weight excluding hydrogens is 212 g/mol. The van der Waals surface area contributed by atoms with Gasteiger partial charge in [0.15, 0.2) is 0 Å². The van der Waals surface area contributed by atoms with E-state index in [0.29, 0.717) is 0 Å². The van der Waals surface area contributed by atoms with Gasteiger partial charge in [0.2, 0.25) is 0 Å². The van der Waals surface area contributed by atoms with Gasteiger partial charge in [-0.15, -0.1) is 0 Å². The topological polar surface area (TPSA) is 41.1 Å². The fraction of sp³-hybridized carbons (Fsp3) is 0.357. The van der Waals surface area contributed by atoms with Gasteiger partial charge in [0, 0.05) is 11.4 Å². The molecule has 3 nitrogen and oxygen atoms in total. The Morgan fingerprint density at radius 2 is 1.82 bits per heavy atom. The van der Waals surface area contributed by atoms with Crippen LogP contribution in [0.1, 0.15) is 32.6 Å². The molecule has 0 radical (unpaired) electrons. The Labute approximate surface area is 102 Å². The number of hydrogen-bond acceptors (Lipinski definition) is 1. The Bertz CT molecular complexity index is 428. The predicted octanol–water partition coefficient (Wildman–Crippen LogP) is 3.14. The summed E-state index contributed by atoms with van der Waals surface area (Å²) >= 11 is 0. The van der Waals surface area contributed by atoms with Gasteiger partial charge in [-0.25, -0.2) is 4.79 Å². The molecule has 0 atom stereocenters. The minimum Gasteiger partial charge on any atom is -0.312 e. The maximum atomic E-state index is 11.7. The fourth-order valence-corrected chi connectivity index (χ4v) is 1.88. The first-order chi connectivity index (χ1) is 8.24. The van der Waals surface area contributed by atoms with Crippen LogP contribution in [0.3, 0.4) is 0 Å². The Morgan fingerprint density at radius 3 is 2.41 bits per heavy atom. The fourth-order valence-electron chi connectivity index (χ4n) is 1.88. The first-order valence-corrected chi connectivity index (χ1v) is 6.04. The van der Waals surface area contributed by atoms with Crippen LogP contribution in [0.5, 0.6) is 0 Å². The minimum absolute atomic E-state index is 0.134. The molecule has 0 aromatic rings. The van der Waals surface area contributed by atoms with Gasteiger partial charge in [-0.2, -0.15) is 0 Å². The number of allylic oxidation sites excluding steroid dienone is 8. The van der Waals surface area contributed by atoms with Crippen LogP contribution in [-0.2, 0) is 0 Å². The van der Waals surface area contributed by atoms with Crippen LogP contribution < -0.4 is 10.6 Å². The molecule has 2 amide bonds. The number of nitrogens with one attached hydrogen (secondary N) is 2. The van der Waals surface area contributed by atoms with Crippen molar-refractivity contribution in [2.24, 2.45) is 0 Å². The molecule has 0 saturated carbocycles. The first-order valence-electron chi connectivity index (χ1n) is 6.04. The molecule has 2 rings (SSSR count). The highest BCUT2D eigenvalue weighted by Crippen LogP contribution is 2.15. The lowest BCUT2D eigenvalue weighted by Gasteiger charge is -2.15. The zero-order valence-corrected chi connectivity index (χ0v) is 10.1. The number of rotatable bonds is 2. The zero-order valence-electron chi connectivity index (χ0n) is 10.1. The lowest BCUT2D eigenvalue weighted by atomic mass is 10.0. The number of hydrogen-bond donors (Lipinski definition) is 2. The average molecular weight is 230 g/mol. The van der Waals surface area contributed by atoms with Crippen molar-refractivity contribution in [3.05, 3.63) is 47.3 Å². The number of carbonyl (C=O) groups is 1. The van der Waals surface area contributed by atoms with Gasteiger partial charge in [-0.3, -0.25) is 0 Å². The lowest BCUT2D eigenvalue weighted by molar-refractivity contribution is 0.245. The maximum Gasteiger partial charge on any atom is 0.323 e. The molecule has 3 heteroatoms. The number of carbonyl (C=O) groups excluding carboxylic acids is 1. The van der Waals surface area contributed by atoms with Gasteiger partial charge in [0.1, 0.15) is 0 Å². The number of urea groups is 1. The van der Waals surface area contributed by atoms with Crippen molar-refractivity contribution in [3.63, 3.8) is 0 Å². The molecule has 0 heterocycles. The predicted molar refractivity (Wildman–Crippen MR) is 69.2 cm³/mol. The molecule has 2 N–H and O–H groups in total. The molecule has 2 aliphatic rings. The molecule has 0 aromatic heterocycles. The molecule has 17 heavy (non-hydrogen) atoms. The summed E-state index contributed by atoms with van der Waals surface area (Å²) in [5.41, 5.74) is 3.32. The van der Waals surface area contributed by atoms with E-state index in [1.54, 1.807) is 0 Å². The highest BCUT2D eigenvalue weighted by molar-refractivity contribution is 5.77. The van der Waals surface area contributed by atoms with Crippen LogP contribution in [0.2, 0.25) is 0 Å². The van der Waals surface area contributed by atoms with Gasteiger partial charge in [0.05, 0.1) is 0 Å². The van der Waals surface area contributed by atoms with E-state index in [4.69, 9.17) is 0 Å². The molecule has 2 aliphatic carbocycles. The highest BCUT2D eigenvalue weighted by Gasteiger charge is 2.09. The standard InChI is InChI=1S/C14H18N2O/c1-11-7-9-13(10-8-11)16-14(17)15-12-5-3-2-4-6-12/h2-3,5,7,9H,4,6,8,10H2,1H3,(H2,15,16,17). The molecule has 90 valence electrons. The molecule has 0 fully saturated rings. The molecular formula is C14H18N2O. The summed E-state index contributed by atoms with van der Waals surface area (Å²) in [6.45, 7) is 2.10. The third-order valence-electron chi connectivity index (χ3n) is 2.92. The van der Waals surface area contributed by atoms with E-state index in [0.717, 1.165) is 37.1 Å². The van der Waals surface area contributed by atoms with Crippen molar-refractivity contribution >= 4 is 6.03 Å². The third-order valence-corrected chi connectivity index (χ3v) is 2.92. The normalized spacial score (nSPS) is 19.0. The summed E-state index contributed by atoms with van der Waals surface area (Å²) in [5.74, 6) is 0. The van der Waals surface area contributed by atoms with Crippen LogP contribution in [0.25, 0.3) is 0 Å². The van der Waals surface area contributed by atoms with E-state index in [1.807, 2.05) is 18.2 Å². The summed E-state index contributed by atoms with van der Waals surface area (Å²) in [4.78, 5) is 11.7. The lowest BCUT2D eigenvalue weighted by Crippen LogP contribution is -2.34. The third kappa shape index (κ3) is 3.63. The van der Waals surface area contributed by atoms with E-state index < -0.39 is 0 Å². The largest absolute Gasteiger partial charge is 0.323 e. The first kappa shape index (κ1) is 11.7. The quantitative estimate of drug-likeness (QED) is 0.751. The van der Waals surface area contributed by atoms with Gasteiger partial charge < -0.3 is 10.6 Å². The Kier molecular flexibility index (Phi) is 3.81. The summed E-state index contributed by atoms with van der Waals surface area (Å²) in [6, 6.07) is -0.134. The zero-order chi connectivity index (χ0) is 12.1. The SMILES string of the molecule is CC1=CC=C(NC(=O)NC2=CC=CCC2)CC1. The average Bonchev–Trinajstić information content (AvgIpc) is 2.33. The minimum atomic E-state index is -0.134. The summed E-state index contributed by atoms with van der Waals surface area (Å²) in [6.07, 6.45) is 13.9. The number of amides is 2. The van der Waals surface area contributed by atoms with Crippen LogP contribution in [-0.4, -0.2) is 6.03 Å². The van der Waals surface area contributed by atoms with Crippen molar-refractivity contribution in [2.75, 3.05) is 0 Å². The molecule has 0 spiro atoms. The molecule has 0 unspecified atom stereocenters. The van der Waals surface area contributed by atoms with Gasteiger partial charge in [-0.05, 0) is 44.8 Å². The van der Waals surface area contributed by atoms with Crippen LogP contribution in [0.4, 0.5) is 4.79 Å². The van der Waals surface area contributed by atoms with Crippen molar-refractivity contribution < 1.29 is 4.79 Å². The Balaban J connectivity index is 1.85.